The molecule has 0 bridgehead atoms. The standard InChI is InChI=1S/C19H22N4O/c1-13-4-3-8-23(13)9-7-14-10-16-15(5-2-6-19(16)24-14)17-11-21-22-12-18(17)20/h2,5-6,10-13H,3-4,7-9H2,1H3,(H2,20,21)/t13-/m1/s1. The van der Waals surface area contributed by atoms with Gasteiger partial charge in [-0.05, 0) is 44.0 Å². The maximum atomic E-state index is 6.07. The second-order valence-corrected chi connectivity index (χ2v) is 6.57. The van der Waals surface area contributed by atoms with E-state index in [0.29, 0.717) is 11.7 Å². The topological polar surface area (TPSA) is 68.2 Å². The maximum Gasteiger partial charge on any atom is 0.134 e. The molecule has 1 aliphatic rings. The zero-order valence-corrected chi connectivity index (χ0v) is 13.9. The molecule has 3 heterocycles. The predicted octanol–water partition coefficient (Wildman–Crippen LogP) is 3.50. The molecule has 0 aliphatic carbocycles. The summed E-state index contributed by atoms with van der Waals surface area (Å²) < 4.78 is 6.06. The fourth-order valence-corrected chi connectivity index (χ4v) is 3.61. The Bertz CT molecular complexity index is 857. The van der Waals surface area contributed by atoms with Gasteiger partial charge in [0, 0.05) is 30.0 Å². The van der Waals surface area contributed by atoms with Crippen LogP contribution in [0, 0.1) is 0 Å². The van der Waals surface area contributed by atoms with E-state index in [-0.39, 0.29) is 0 Å². The molecule has 1 atom stereocenters. The summed E-state index contributed by atoms with van der Waals surface area (Å²) in [6, 6.07) is 8.88. The van der Waals surface area contributed by atoms with Crippen molar-refractivity contribution in [3.8, 4) is 11.1 Å². The van der Waals surface area contributed by atoms with E-state index in [2.05, 4.69) is 34.2 Å². The van der Waals surface area contributed by atoms with Crippen LogP contribution in [0.5, 0.6) is 0 Å². The Labute approximate surface area is 141 Å². The number of furan rings is 1. The number of fused-ring (bicyclic) bond motifs is 1. The highest BCUT2D eigenvalue weighted by Crippen LogP contribution is 2.33. The SMILES string of the molecule is C[C@@H]1CCCN1CCc1cc2c(-c3cnncc3N)cccc2o1. The number of likely N-dealkylation sites (tertiary alicyclic amines) is 1. The van der Waals surface area contributed by atoms with Gasteiger partial charge < -0.3 is 15.1 Å². The third-order valence-corrected chi connectivity index (χ3v) is 5.00. The highest BCUT2D eigenvalue weighted by molar-refractivity contribution is 5.96. The lowest BCUT2D eigenvalue weighted by Gasteiger charge is -2.19. The molecule has 3 aromatic rings. The fourth-order valence-electron chi connectivity index (χ4n) is 3.61. The molecular formula is C19H22N4O. The molecule has 0 radical (unpaired) electrons. The van der Waals surface area contributed by atoms with Crippen LogP contribution in [0.2, 0.25) is 0 Å². The van der Waals surface area contributed by atoms with Crippen LogP contribution in [0.1, 0.15) is 25.5 Å². The van der Waals surface area contributed by atoms with E-state index in [0.717, 1.165) is 40.8 Å². The van der Waals surface area contributed by atoms with Crippen LogP contribution in [0.4, 0.5) is 5.69 Å². The summed E-state index contributed by atoms with van der Waals surface area (Å²) in [6.07, 6.45) is 6.84. The van der Waals surface area contributed by atoms with Crippen molar-refractivity contribution >= 4 is 16.7 Å². The Morgan fingerprint density at radius 2 is 2.12 bits per heavy atom. The van der Waals surface area contributed by atoms with Crippen molar-refractivity contribution in [1.82, 2.24) is 15.1 Å². The molecule has 0 amide bonds. The van der Waals surface area contributed by atoms with Crippen LogP contribution in [-0.4, -0.2) is 34.2 Å². The summed E-state index contributed by atoms with van der Waals surface area (Å²) in [7, 11) is 0. The molecule has 24 heavy (non-hydrogen) atoms. The number of rotatable bonds is 4. The largest absolute Gasteiger partial charge is 0.461 e. The second-order valence-electron chi connectivity index (χ2n) is 6.57. The van der Waals surface area contributed by atoms with Crippen molar-refractivity contribution in [3.63, 3.8) is 0 Å². The van der Waals surface area contributed by atoms with Gasteiger partial charge in [-0.15, -0.1) is 0 Å². The third kappa shape index (κ3) is 2.76. The second kappa shape index (κ2) is 6.24. The number of hydrogen-bond donors (Lipinski definition) is 1. The number of nitrogens with two attached hydrogens (primary N) is 1. The quantitative estimate of drug-likeness (QED) is 0.796. The van der Waals surface area contributed by atoms with Gasteiger partial charge in [-0.3, -0.25) is 0 Å². The van der Waals surface area contributed by atoms with E-state index in [1.807, 2.05) is 12.1 Å². The van der Waals surface area contributed by atoms with Crippen LogP contribution in [0.25, 0.3) is 22.1 Å². The van der Waals surface area contributed by atoms with E-state index in [1.165, 1.54) is 19.4 Å². The number of nitrogens with zero attached hydrogens (tertiary/aromatic N) is 3. The minimum Gasteiger partial charge on any atom is -0.461 e. The van der Waals surface area contributed by atoms with Gasteiger partial charge in [-0.2, -0.15) is 10.2 Å². The molecule has 2 N–H and O–H groups in total. The Kier molecular flexibility index (Phi) is 3.94. The molecule has 2 aromatic heterocycles. The fraction of sp³-hybridized carbons (Fsp3) is 0.368. The van der Waals surface area contributed by atoms with Gasteiger partial charge in [0.25, 0.3) is 0 Å². The minimum atomic E-state index is 0.631. The van der Waals surface area contributed by atoms with Crippen LogP contribution < -0.4 is 5.73 Å². The van der Waals surface area contributed by atoms with Gasteiger partial charge in [0.1, 0.15) is 11.3 Å². The lowest BCUT2D eigenvalue weighted by atomic mass is 10.0. The van der Waals surface area contributed by atoms with Crippen LogP contribution >= 0.6 is 0 Å². The highest BCUT2D eigenvalue weighted by atomic mass is 16.3. The van der Waals surface area contributed by atoms with Crippen molar-refractivity contribution in [3.05, 3.63) is 42.4 Å². The average molecular weight is 322 g/mol. The first-order chi connectivity index (χ1) is 11.7. The molecule has 1 saturated heterocycles. The first kappa shape index (κ1) is 15.1. The van der Waals surface area contributed by atoms with Gasteiger partial charge in [-0.25, -0.2) is 0 Å². The molecule has 0 saturated carbocycles. The Morgan fingerprint density at radius 1 is 1.25 bits per heavy atom. The summed E-state index contributed by atoms with van der Waals surface area (Å²) >= 11 is 0. The summed E-state index contributed by atoms with van der Waals surface area (Å²) in [6.45, 7) is 4.56. The number of hydrogen-bond acceptors (Lipinski definition) is 5. The van der Waals surface area contributed by atoms with Gasteiger partial charge in [0.05, 0.1) is 18.1 Å². The van der Waals surface area contributed by atoms with E-state index < -0.39 is 0 Å². The lowest BCUT2D eigenvalue weighted by Crippen LogP contribution is -2.28. The van der Waals surface area contributed by atoms with Gasteiger partial charge in [0.2, 0.25) is 0 Å². The van der Waals surface area contributed by atoms with Gasteiger partial charge in [-0.1, -0.05) is 12.1 Å². The number of nitrogen functional groups attached to an aromatic ring is 1. The van der Waals surface area contributed by atoms with Crippen LogP contribution in [-0.2, 0) is 6.42 Å². The smallest absolute Gasteiger partial charge is 0.134 e. The molecule has 124 valence electrons. The molecule has 1 aromatic carbocycles. The molecule has 0 unspecified atom stereocenters. The van der Waals surface area contributed by atoms with Crippen molar-refractivity contribution in [2.45, 2.75) is 32.2 Å². The molecule has 5 nitrogen and oxygen atoms in total. The van der Waals surface area contributed by atoms with Crippen molar-refractivity contribution in [1.29, 1.82) is 0 Å². The zero-order chi connectivity index (χ0) is 16.5. The first-order valence-electron chi connectivity index (χ1n) is 8.54. The monoisotopic (exact) mass is 322 g/mol. The average Bonchev–Trinajstić information content (AvgIpc) is 3.18. The molecule has 4 rings (SSSR count). The first-order valence-corrected chi connectivity index (χ1v) is 8.54. The minimum absolute atomic E-state index is 0.631. The Hall–Kier alpha value is -2.40. The number of anilines is 1. The van der Waals surface area contributed by atoms with Crippen LogP contribution in [0.15, 0.2) is 41.1 Å². The zero-order valence-electron chi connectivity index (χ0n) is 13.9. The molecule has 0 spiro atoms. The van der Waals surface area contributed by atoms with Gasteiger partial charge in [0.15, 0.2) is 0 Å². The summed E-state index contributed by atoms with van der Waals surface area (Å²) in [5.74, 6) is 1.03. The maximum absolute atomic E-state index is 6.07. The summed E-state index contributed by atoms with van der Waals surface area (Å²) in [4.78, 5) is 2.54. The van der Waals surface area contributed by atoms with E-state index in [4.69, 9.17) is 10.2 Å². The Morgan fingerprint density at radius 3 is 2.92 bits per heavy atom. The molecule has 1 fully saturated rings. The summed E-state index contributed by atoms with van der Waals surface area (Å²) in [5, 5.41) is 8.88. The highest BCUT2D eigenvalue weighted by Gasteiger charge is 2.20. The van der Waals surface area contributed by atoms with E-state index in [9.17, 15) is 0 Å². The normalized spacial score (nSPS) is 18.5. The molecule has 5 heteroatoms. The van der Waals surface area contributed by atoms with Crippen molar-refractivity contribution < 1.29 is 4.42 Å². The summed E-state index contributed by atoms with van der Waals surface area (Å²) in [5.41, 5.74) is 9.54. The predicted molar refractivity (Wildman–Crippen MR) is 95.6 cm³/mol. The lowest BCUT2D eigenvalue weighted by molar-refractivity contribution is 0.266. The molecule has 1 aliphatic heterocycles. The van der Waals surface area contributed by atoms with Gasteiger partial charge >= 0.3 is 0 Å². The Balaban J connectivity index is 1.64. The third-order valence-electron chi connectivity index (χ3n) is 5.00. The number of benzene rings is 1. The van der Waals surface area contributed by atoms with Crippen molar-refractivity contribution in [2.75, 3.05) is 18.8 Å². The van der Waals surface area contributed by atoms with Crippen LogP contribution in [0.3, 0.4) is 0 Å². The van der Waals surface area contributed by atoms with Crippen molar-refractivity contribution in [2.24, 2.45) is 0 Å². The van der Waals surface area contributed by atoms with E-state index >= 15 is 0 Å². The van der Waals surface area contributed by atoms with E-state index in [1.54, 1.807) is 12.4 Å². The number of aromatic nitrogens is 2. The molecular weight excluding hydrogens is 300 g/mol.